The first-order valence-corrected chi connectivity index (χ1v) is 11.4. The smallest absolute Gasteiger partial charge is 0.270 e. The van der Waals surface area contributed by atoms with Crippen LogP contribution in [0.5, 0.6) is 5.75 Å². The van der Waals surface area contributed by atoms with Crippen LogP contribution in [-0.2, 0) is 9.59 Å². The number of rotatable bonds is 6. The van der Waals surface area contributed by atoms with E-state index in [1.54, 1.807) is 24.3 Å². The third-order valence-corrected chi connectivity index (χ3v) is 6.10. The number of nitrogens with zero attached hydrogens (tertiary/aromatic N) is 6. The Bertz CT molecular complexity index is 1270. The van der Waals surface area contributed by atoms with Crippen molar-refractivity contribution in [3.05, 3.63) is 36.2 Å². The quantitative estimate of drug-likeness (QED) is 0.683. The summed E-state index contributed by atoms with van der Waals surface area (Å²) in [6.45, 7) is 0.206. The topological polar surface area (TPSA) is 133 Å². The number of carbonyl (C=O) groups is 2. The van der Waals surface area contributed by atoms with Gasteiger partial charge in [-0.2, -0.15) is 10.4 Å². The third-order valence-electron chi connectivity index (χ3n) is 6.10. The molecule has 10 nitrogen and oxygen atoms in total. The minimum Gasteiger partial charge on any atom is -0.486 e. The molecule has 1 saturated heterocycles. The zero-order valence-electron chi connectivity index (χ0n) is 18.7. The Morgan fingerprint density at radius 3 is 2.77 bits per heavy atom. The molecule has 1 N–H and O–H groups in total. The zero-order chi connectivity index (χ0) is 24.4. The molecule has 1 aliphatic carbocycles. The van der Waals surface area contributed by atoms with Crippen LogP contribution in [0.3, 0.4) is 0 Å². The van der Waals surface area contributed by atoms with Crippen LogP contribution in [0.15, 0.2) is 40.8 Å². The highest BCUT2D eigenvalue weighted by Crippen LogP contribution is 2.31. The Labute approximate surface area is 200 Å². The summed E-state index contributed by atoms with van der Waals surface area (Å²) in [6, 6.07) is 8.66. The number of carbonyl (C=O) groups excluding carboxylic acids is 2. The van der Waals surface area contributed by atoms with Gasteiger partial charge < -0.3 is 15.0 Å². The van der Waals surface area contributed by atoms with Gasteiger partial charge in [0.2, 0.25) is 5.91 Å². The molecule has 2 aromatic rings. The predicted molar refractivity (Wildman–Crippen MR) is 125 cm³/mol. The molecule has 3 aliphatic rings. The first-order chi connectivity index (χ1) is 17.0. The molecule has 2 fully saturated rings. The van der Waals surface area contributed by atoms with E-state index in [1.165, 1.54) is 17.4 Å². The fourth-order valence-electron chi connectivity index (χ4n) is 3.99. The number of amides is 2. The Morgan fingerprint density at radius 1 is 1.20 bits per heavy atom. The number of nitrogens with one attached hydrogen (secondary N) is 1. The van der Waals surface area contributed by atoms with E-state index in [2.05, 4.69) is 31.6 Å². The van der Waals surface area contributed by atoms with Crippen molar-refractivity contribution in [2.75, 3.05) is 18.4 Å². The van der Waals surface area contributed by atoms with Crippen molar-refractivity contribution in [2.24, 2.45) is 16.1 Å². The number of hydrogen-bond donors (Lipinski definition) is 1. The number of alkyl halides is 1. The van der Waals surface area contributed by atoms with Crippen molar-refractivity contribution < 1.29 is 18.7 Å². The highest BCUT2D eigenvalue weighted by molar-refractivity contribution is 6.41. The molecule has 11 heteroatoms. The molecule has 0 radical (unpaired) electrons. The number of hydrogen-bond acceptors (Lipinski definition) is 8. The van der Waals surface area contributed by atoms with Crippen LogP contribution in [0, 0.1) is 17.2 Å². The van der Waals surface area contributed by atoms with Crippen molar-refractivity contribution in [1.82, 2.24) is 14.9 Å². The molecule has 3 heterocycles. The van der Waals surface area contributed by atoms with Crippen LogP contribution in [0.25, 0.3) is 11.3 Å². The van der Waals surface area contributed by atoms with E-state index in [0.717, 1.165) is 12.8 Å². The Balaban J connectivity index is 1.26. The number of nitriles is 1. The zero-order valence-corrected chi connectivity index (χ0v) is 18.7. The average Bonchev–Trinajstić information content (AvgIpc) is 3.59. The molecule has 178 valence electrons. The van der Waals surface area contributed by atoms with Gasteiger partial charge in [-0.05, 0) is 31.0 Å². The van der Waals surface area contributed by atoms with Crippen molar-refractivity contribution in [1.29, 1.82) is 5.26 Å². The molecule has 1 aromatic heterocycles. The van der Waals surface area contributed by atoms with Crippen LogP contribution in [0.4, 0.5) is 10.2 Å². The summed E-state index contributed by atoms with van der Waals surface area (Å²) < 4.78 is 20.8. The van der Waals surface area contributed by atoms with Gasteiger partial charge >= 0.3 is 0 Å². The minimum atomic E-state index is -1.42. The van der Waals surface area contributed by atoms with E-state index in [1.807, 2.05) is 0 Å². The maximum Gasteiger partial charge on any atom is 0.270 e. The van der Waals surface area contributed by atoms with Gasteiger partial charge in [0, 0.05) is 43.1 Å². The molecule has 2 amide bonds. The number of aromatic nitrogens is 2. The van der Waals surface area contributed by atoms with Gasteiger partial charge in [-0.1, -0.05) is 0 Å². The lowest BCUT2D eigenvalue weighted by atomic mass is 10.0. The largest absolute Gasteiger partial charge is 0.486 e. The lowest BCUT2D eigenvalue weighted by Gasteiger charge is -2.34. The molecule has 0 bridgehead atoms. The normalized spacial score (nSPS) is 21.3. The molecule has 2 atom stereocenters. The van der Waals surface area contributed by atoms with Gasteiger partial charge in [-0.15, -0.1) is 5.10 Å². The fourth-order valence-corrected chi connectivity index (χ4v) is 3.99. The molecular formula is C24H22FN7O3. The third kappa shape index (κ3) is 5.01. The van der Waals surface area contributed by atoms with E-state index in [0.29, 0.717) is 35.8 Å². The molecule has 1 aromatic carbocycles. The lowest BCUT2D eigenvalue weighted by Crippen LogP contribution is -2.50. The molecule has 35 heavy (non-hydrogen) atoms. The summed E-state index contributed by atoms with van der Waals surface area (Å²) in [6.07, 6.45) is 3.08. The van der Waals surface area contributed by atoms with Gasteiger partial charge in [0.25, 0.3) is 5.91 Å². The van der Waals surface area contributed by atoms with Crippen molar-refractivity contribution in [3.63, 3.8) is 0 Å². The molecule has 2 aliphatic heterocycles. The Hall–Kier alpha value is -4.20. The standard InChI is InChI=1S/C24H22FN7O3/c25-17-12-32(24(34)18-5-7-29-31-18)8-6-21(17)35-20-4-3-15(9-16(20)11-26)19-10-22(28-13-27-19)30-23(33)14-1-2-14/h3-4,7,9-10,13-14,17,21H,1-2,5-6,8,12H2,(H,27,28,30,33)/t17-,21+/m1/s1. The summed E-state index contributed by atoms with van der Waals surface area (Å²) >= 11 is 0. The summed E-state index contributed by atoms with van der Waals surface area (Å²) in [5, 5.41) is 19.9. The van der Waals surface area contributed by atoms with E-state index in [9.17, 15) is 19.2 Å². The summed E-state index contributed by atoms with van der Waals surface area (Å²) in [4.78, 5) is 34.2. The number of piperidine rings is 1. The summed E-state index contributed by atoms with van der Waals surface area (Å²) in [5.41, 5.74) is 1.70. The van der Waals surface area contributed by atoms with Crippen molar-refractivity contribution >= 4 is 29.6 Å². The predicted octanol–water partition coefficient (Wildman–Crippen LogP) is 2.51. The molecule has 5 rings (SSSR count). The van der Waals surface area contributed by atoms with Crippen molar-refractivity contribution in [2.45, 2.75) is 38.0 Å². The van der Waals surface area contributed by atoms with E-state index >= 15 is 0 Å². The van der Waals surface area contributed by atoms with E-state index in [4.69, 9.17) is 4.74 Å². The number of likely N-dealkylation sites (tertiary alicyclic amines) is 1. The minimum absolute atomic E-state index is 0.0461. The van der Waals surface area contributed by atoms with Gasteiger partial charge in [0.15, 0.2) is 6.17 Å². The van der Waals surface area contributed by atoms with Crippen LogP contribution < -0.4 is 10.1 Å². The monoisotopic (exact) mass is 475 g/mol. The van der Waals surface area contributed by atoms with E-state index < -0.39 is 12.3 Å². The SMILES string of the molecule is N#Cc1cc(-c2cc(NC(=O)C3CC3)ncn2)ccc1O[C@H]1CCN(C(=O)C2=NN=CC2)C[C@H]1F. The van der Waals surface area contributed by atoms with Crippen molar-refractivity contribution in [3.8, 4) is 23.1 Å². The number of ether oxygens (including phenoxy) is 1. The Kier molecular flexibility index (Phi) is 6.18. The maximum atomic E-state index is 14.9. The average molecular weight is 475 g/mol. The second-order valence-electron chi connectivity index (χ2n) is 8.64. The fraction of sp³-hybridized carbons (Fsp3) is 0.375. The van der Waals surface area contributed by atoms with Crippen LogP contribution in [-0.4, -0.2) is 64.0 Å². The second kappa shape index (κ2) is 9.58. The van der Waals surface area contributed by atoms with E-state index in [-0.39, 0.29) is 42.0 Å². The lowest BCUT2D eigenvalue weighted by molar-refractivity contribution is -0.128. The highest BCUT2D eigenvalue weighted by Gasteiger charge is 2.35. The van der Waals surface area contributed by atoms with Gasteiger partial charge in [-0.3, -0.25) is 9.59 Å². The maximum absolute atomic E-state index is 14.9. The van der Waals surface area contributed by atoms with Crippen LogP contribution in [0.2, 0.25) is 0 Å². The number of anilines is 1. The molecular weight excluding hydrogens is 453 g/mol. The molecule has 1 saturated carbocycles. The van der Waals surface area contributed by atoms with Crippen LogP contribution in [0.1, 0.15) is 31.2 Å². The number of benzene rings is 1. The molecule has 0 unspecified atom stereocenters. The van der Waals surface area contributed by atoms with Gasteiger partial charge in [-0.25, -0.2) is 14.4 Å². The first-order valence-electron chi connectivity index (χ1n) is 11.4. The number of halogens is 1. The van der Waals surface area contributed by atoms with Gasteiger partial charge in [0.1, 0.15) is 35.8 Å². The second-order valence-corrected chi connectivity index (χ2v) is 8.64. The molecule has 0 spiro atoms. The van der Waals surface area contributed by atoms with Crippen LogP contribution >= 0.6 is 0 Å². The first kappa shape index (κ1) is 22.6. The summed E-state index contributed by atoms with van der Waals surface area (Å²) in [5.74, 6) is 0.318. The Morgan fingerprint density at radius 2 is 2.06 bits per heavy atom. The summed E-state index contributed by atoms with van der Waals surface area (Å²) in [7, 11) is 0. The van der Waals surface area contributed by atoms with Gasteiger partial charge in [0.05, 0.1) is 17.8 Å². The highest BCUT2D eigenvalue weighted by atomic mass is 19.1.